The number of hydrogen-bond acceptors (Lipinski definition) is 8. The second kappa shape index (κ2) is 7.70. The summed E-state index contributed by atoms with van der Waals surface area (Å²) in [4.78, 5) is 19.7. The first-order chi connectivity index (χ1) is 13.3. The van der Waals surface area contributed by atoms with Gasteiger partial charge in [0, 0.05) is 5.56 Å². The molecule has 0 aliphatic carbocycles. The number of halogens is 3. The molecule has 0 fully saturated rings. The number of nitrogens with one attached hydrogen (secondary N) is 1. The highest BCUT2D eigenvalue weighted by Gasteiger charge is 2.32. The van der Waals surface area contributed by atoms with Gasteiger partial charge in [0.05, 0.1) is 11.4 Å². The van der Waals surface area contributed by atoms with Crippen LogP contribution in [0.25, 0.3) is 11.3 Å². The number of nitrogens with zero attached hydrogens (tertiary/aromatic N) is 3. The van der Waals surface area contributed by atoms with Crippen molar-refractivity contribution in [2.45, 2.75) is 32.7 Å². The molecule has 154 valence electrons. The first-order valence-corrected chi connectivity index (χ1v) is 8.02. The lowest BCUT2D eigenvalue weighted by molar-refractivity contribution is -0.274. The number of ether oxygens (including phenoxy) is 2. The van der Waals surface area contributed by atoms with Crippen molar-refractivity contribution in [3.63, 3.8) is 0 Å². The Morgan fingerprint density at radius 3 is 2.41 bits per heavy atom. The molecule has 5 N–H and O–H groups in total. The highest BCUT2D eigenvalue weighted by Crippen LogP contribution is 2.36. The number of carbonyl (C=O) groups is 1. The summed E-state index contributed by atoms with van der Waals surface area (Å²) in [5, 5.41) is 11.8. The zero-order chi connectivity index (χ0) is 22.0. The minimum absolute atomic E-state index is 0.0113. The van der Waals surface area contributed by atoms with Crippen molar-refractivity contribution in [1.82, 2.24) is 9.97 Å². The lowest BCUT2D eigenvalue weighted by Crippen LogP contribution is -2.27. The highest BCUT2D eigenvalue weighted by atomic mass is 19.4. The first-order valence-electron chi connectivity index (χ1n) is 8.02. The van der Waals surface area contributed by atoms with Crippen LogP contribution < -0.4 is 21.5 Å². The van der Waals surface area contributed by atoms with Crippen LogP contribution in [0.15, 0.2) is 18.2 Å². The number of amides is 1. The number of nitriles is 1. The molecule has 9 nitrogen and oxygen atoms in total. The second-order valence-electron chi connectivity index (χ2n) is 6.68. The van der Waals surface area contributed by atoms with Crippen molar-refractivity contribution in [2.75, 3.05) is 16.8 Å². The molecule has 0 unspecified atom stereocenters. The summed E-state index contributed by atoms with van der Waals surface area (Å²) >= 11 is 0. The maximum absolute atomic E-state index is 12.6. The second-order valence-corrected chi connectivity index (χ2v) is 6.68. The molecule has 1 aromatic heterocycles. The summed E-state index contributed by atoms with van der Waals surface area (Å²) in [6.45, 7) is 4.90. The summed E-state index contributed by atoms with van der Waals surface area (Å²) in [5.74, 6) is -1.20. The standard InChI is InChI=1S/C17H17F3N6O3/c1-16(2,3)29-15(27)24-11-5-4-8(28-17(18,19)20)6-9(11)12-10(7-21)13(22)26-14(23)25-12/h4-6H,1-3H3,(H,24,27)(H4,22,23,25,26). The predicted octanol–water partition coefficient (Wildman–Crippen LogP) is 3.43. The molecule has 0 aliphatic heterocycles. The zero-order valence-corrected chi connectivity index (χ0v) is 15.6. The van der Waals surface area contributed by atoms with E-state index in [1.165, 1.54) is 0 Å². The Kier molecular flexibility index (Phi) is 5.72. The number of rotatable bonds is 3. The molecule has 1 aromatic carbocycles. The quantitative estimate of drug-likeness (QED) is 0.697. The fraction of sp³-hybridized carbons (Fsp3) is 0.294. The van der Waals surface area contributed by atoms with Gasteiger partial charge < -0.3 is 20.9 Å². The number of nitrogen functional groups attached to an aromatic ring is 2. The van der Waals surface area contributed by atoms with Gasteiger partial charge in [-0.05, 0) is 39.0 Å². The van der Waals surface area contributed by atoms with Gasteiger partial charge >= 0.3 is 12.5 Å². The molecule has 0 spiro atoms. The number of benzene rings is 1. The van der Waals surface area contributed by atoms with Crippen molar-refractivity contribution in [2.24, 2.45) is 0 Å². The molecular formula is C17H17F3N6O3. The van der Waals surface area contributed by atoms with Crippen molar-refractivity contribution in [3.8, 4) is 23.1 Å². The van der Waals surface area contributed by atoms with E-state index in [2.05, 4.69) is 20.0 Å². The summed E-state index contributed by atoms with van der Waals surface area (Å²) in [6, 6.07) is 4.81. The molecule has 1 heterocycles. The fourth-order valence-electron chi connectivity index (χ4n) is 2.24. The van der Waals surface area contributed by atoms with Gasteiger partial charge in [0.1, 0.15) is 28.8 Å². The van der Waals surface area contributed by atoms with Gasteiger partial charge in [-0.15, -0.1) is 13.2 Å². The smallest absolute Gasteiger partial charge is 0.444 e. The Morgan fingerprint density at radius 2 is 1.86 bits per heavy atom. The average molecular weight is 410 g/mol. The topological polar surface area (TPSA) is 149 Å². The van der Waals surface area contributed by atoms with E-state index in [9.17, 15) is 23.2 Å². The van der Waals surface area contributed by atoms with Gasteiger partial charge in [-0.1, -0.05) is 0 Å². The Balaban J connectivity index is 2.62. The van der Waals surface area contributed by atoms with E-state index in [0.29, 0.717) is 0 Å². The summed E-state index contributed by atoms with van der Waals surface area (Å²) in [6.07, 6.45) is -5.84. The Labute approximate surface area is 163 Å². The third-order valence-electron chi connectivity index (χ3n) is 3.18. The molecular weight excluding hydrogens is 393 g/mol. The van der Waals surface area contributed by atoms with E-state index in [1.807, 2.05) is 0 Å². The van der Waals surface area contributed by atoms with Crippen LogP contribution in [0, 0.1) is 11.3 Å². The van der Waals surface area contributed by atoms with Gasteiger partial charge in [-0.25, -0.2) is 9.78 Å². The van der Waals surface area contributed by atoms with Crippen LogP contribution >= 0.6 is 0 Å². The van der Waals surface area contributed by atoms with Gasteiger partial charge in [-0.2, -0.15) is 10.2 Å². The Hall–Kier alpha value is -3.75. The summed E-state index contributed by atoms with van der Waals surface area (Å²) in [5.41, 5.74) is 9.86. The van der Waals surface area contributed by atoms with E-state index in [4.69, 9.17) is 16.2 Å². The third kappa shape index (κ3) is 5.86. The van der Waals surface area contributed by atoms with Gasteiger partial charge in [0.15, 0.2) is 0 Å². The van der Waals surface area contributed by atoms with Crippen LogP contribution in [0.5, 0.6) is 5.75 Å². The minimum Gasteiger partial charge on any atom is -0.444 e. The van der Waals surface area contributed by atoms with E-state index >= 15 is 0 Å². The van der Waals surface area contributed by atoms with Crippen molar-refractivity contribution in [3.05, 3.63) is 23.8 Å². The maximum atomic E-state index is 12.6. The van der Waals surface area contributed by atoms with Crippen LogP contribution in [0.1, 0.15) is 26.3 Å². The molecule has 1 amide bonds. The van der Waals surface area contributed by atoms with Crippen molar-refractivity contribution in [1.29, 1.82) is 5.26 Å². The molecule has 0 atom stereocenters. The predicted molar refractivity (Wildman–Crippen MR) is 97.5 cm³/mol. The molecule has 2 aromatic rings. The molecule has 2 rings (SSSR count). The van der Waals surface area contributed by atoms with E-state index in [-0.39, 0.29) is 34.3 Å². The highest BCUT2D eigenvalue weighted by molar-refractivity contribution is 5.93. The van der Waals surface area contributed by atoms with E-state index < -0.39 is 23.8 Å². The normalized spacial score (nSPS) is 11.5. The first kappa shape index (κ1) is 21.5. The lowest BCUT2D eigenvalue weighted by atomic mass is 10.0. The molecule has 0 saturated heterocycles. The van der Waals surface area contributed by atoms with Crippen molar-refractivity contribution < 1.29 is 27.4 Å². The molecule has 0 saturated carbocycles. The lowest BCUT2D eigenvalue weighted by Gasteiger charge is -2.21. The third-order valence-corrected chi connectivity index (χ3v) is 3.18. The van der Waals surface area contributed by atoms with Gasteiger partial charge in [-0.3, -0.25) is 5.32 Å². The molecule has 0 bridgehead atoms. The number of alkyl halides is 3. The van der Waals surface area contributed by atoms with Crippen LogP contribution in [0.2, 0.25) is 0 Å². The number of hydrogen-bond donors (Lipinski definition) is 3. The summed E-state index contributed by atoms with van der Waals surface area (Å²) < 4.78 is 46.9. The van der Waals surface area contributed by atoms with Crippen LogP contribution in [0.4, 0.5) is 35.4 Å². The molecule has 0 radical (unpaired) electrons. The van der Waals surface area contributed by atoms with Gasteiger partial charge in [0.2, 0.25) is 5.95 Å². The maximum Gasteiger partial charge on any atom is 0.573 e. The number of carbonyl (C=O) groups excluding carboxylic acids is 1. The van der Waals surface area contributed by atoms with Gasteiger partial charge in [0.25, 0.3) is 0 Å². The molecule has 29 heavy (non-hydrogen) atoms. The average Bonchev–Trinajstić information content (AvgIpc) is 2.52. The number of aromatic nitrogens is 2. The fourth-order valence-corrected chi connectivity index (χ4v) is 2.24. The van der Waals surface area contributed by atoms with Crippen molar-refractivity contribution >= 4 is 23.5 Å². The monoisotopic (exact) mass is 410 g/mol. The molecule has 0 aliphatic rings. The minimum atomic E-state index is -4.96. The van der Waals surface area contributed by atoms with E-state index in [1.54, 1.807) is 26.8 Å². The van der Waals surface area contributed by atoms with E-state index in [0.717, 1.165) is 18.2 Å². The zero-order valence-electron chi connectivity index (χ0n) is 15.6. The SMILES string of the molecule is CC(C)(C)OC(=O)Nc1ccc(OC(F)(F)F)cc1-c1nc(N)nc(N)c1C#N. The molecule has 12 heteroatoms. The summed E-state index contributed by atoms with van der Waals surface area (Å²) in [7, 11) is 0. The largest absolute Gasteiger partial charge is 0.573 e. The number of nitrogens with two attached hydrogens (primary N) is 2. The van der Waals surface area contributed by atoms with Crippen LogP contribution in [0.3, 0.4) is 0 Å². The van der Waals surface area contributed by atoms with Crippen LogP contribution in [-0.2, 0) is 4.74 Å². The number of anilines is 3. The Morgan fingerprint density at radius 1 is 1.21 bits per heavy atom. The Bertz CT molecular complexity index is 980. The van der Waals surface area contributed by atoms with Crippen LogP contribution in [-0.4, -0.2) is 28.0 Å².